The molecule has 0 aliphatic heterocycles. The second-order valence-corrected chi connectivity index (χ2v) is 4.94. The molecule has 5 nitrogen and oxygen atoms in total. The summed E-state index contributed by atoms with van der Waals surface area (Å²) in [6.45, 7) is 0.237. The molecule has 0 unspecified atom stereocenters. The summed E-state index contributed by atoms with van der Waals surface area (Å²) in [5.41, 5.74) is 0.435. The molecule has 3 rings (SSSR count). The first-order valence-electron chi connectivity index (χ1n) is 6.55. The quantitative estimate of drug-likeness (QED) is 0.804. The zero-order valence-corrected chi connectivity index (χ0v) is 11.6. The van der Waals surface area contributed by atoms with Crippen LogP contribution in [0.15, 0.2) is 42.7 Å². The van der Waals surface area contributed by atoms with Gasteiger partial charge in [-0.2, -0.15) is 18.3 Å². The summed E-state index contributed by atoms with van der Waals surface area (Å²) in [5, 5.41) is 13.6. The van der Waals surface area contributed by atoms with Gasteiger partial charge in [0.25, 0.3) is 0 Å². The standard InChI is InChI=1S/C15H10F3N3O2/c16-15(17,18)12-3-1-9(2-4-12)8-21-13-10(7-20-21)5-11(6-19-13)14(22)23/h1-7H,8H2,(H,22,23). The summed E-state index contributed by atoms with van der Waals surface area (Å²) in [5.74, 6) is -1.09. The first-order valence-corrected chi connectivity index (χ1v) is 6.55. The Balaban J connectivity index is 1.88. The van der Waals surface area contributed by atoms with Gasteiger partial charge in [-0.15, -0.1) is 0 Å². The Hall–Kier alpha value is -2.90. The van der Waals surface area contributed by atoms with Crippen molar-refractivity contribution in [2.75, 3.05) is 0 Å². The number of fused-ring (bicyclic) bond motifs is 1. The number of carboxylic acid groups (broad SMARTS) is 1. The minimum absolute atomic E-state index is 0.0478. The van der Waals surface area contributed by atoms with E-state index in [0.29, 0.717) is 16.6 Å². The number of aromatic nitrogens is 3. The molecule has 0 atom stereocenters. The summed E-state index contributed by atoms with van der Waals surface area (Å²) < 4.78 is 39.1. The largest absolute Gasteiger partial charge is 0.478 e. The highest BCUT2D eigenvalue weighted by Gasteiger charge is 2.29. The number of rotatable bonds is 3. The zero-order valence-electron chi connectivity index (χ0n) is 11.6. The first-order chi connectivity index (χ1) is 10.8. The molecule has 0 aliphatic carbocycles. The Morgan fingerprint density at radius 3 is 2.48 bits per heavy atom. The lowest BCUT2D eigenvalue weighted by Crippen LogP contribution is -2.06. The number of hydrogen-bond acceptors (Lipinski definition) is 3. The van der Waals surface area contributed by atoms with Gasteiger partial charge in [0.1, 0.15) is 0 Å². The highest BCUT2D eigenvalue weighted by molar-refractivity contribution is 5.91. The van der Waals surface area contributed by atoms with Gasteiger partial charge in [0.05, 0.1) is 23.9 Å². The van der Waals surface area contributed by atoms with Gasteiger partial charge in [-0.1, -0.05) is 12.1 Å². The number of pyridine rings is 1. The second-order valence-electron chi connectivity index (χ2n) is 4.94. The van der Waals surface area contributed by atoms with Crippen LogP contribution in [-0.4, -0.2) is 25.8 Å². The number of aromatic carboxylic acids is 1. The Labute approximate surface area is 128 Å². The summed E-state index contributed by atoms with van der Waals surface area (Å²) in [6, 6.07) is 6.22. The first kappa shape index (κ1) is 15.0. The molecule has 0 fully saturated rings. The number of benzene rings is 1. The van der Waals surface area contributed by atoms with Gasteiger partial charge in [0.2, 0.25) is 0 Å². The molecule has 1 N–H and O–H groups in total. The normalized spacial score (nSPS) is 11.8. The van der Waals surface area contributed by atoms with Gasteiger partial charge in [-0.05, 0) is 23.8 Å². The number of carbonyl (C=O) groups is 1. The maximum absolute atomic E-state index is 12.5. The van der Waals surface area contributed by atoms with E-state index >= 15 is 0 Å². The van der Waals surface area contributed by atoms with E-state index in [-0.39, 0.29) is 12.1 Å². The number of alkyl halides is 3. The topological polar surface area (TPSA) is 68.0 Å². The Morgan fingerprint density at radius 2 is 1.87 bits per heavy atom. The van der Waals surface area contributed by atoms with Crippen LogP contribution in [-0.2, 0) is 12.7 Å². The fourth-order valence-corrected chi connectivity index (χ4v) is 2.18. The van der Waals surface area contributed by atoms with Crippen molar-refractivity contribution >= 4 is 17.0 Å². The molecule has 0 saturated carbocycles. The lowest BCUT2D eigenvalue weighted by Gasteiger charge is -2.08. The number of carboxylic acids is 1. The minimum atomic E-state index is -4.37. The smallest absolute Gasteiger partial charge is 0.416 e. The third-order valence-corrected chi connectivity index (χ3v) is 3.34. The molecule has 0 amide bonds. The van der Waals surface area contributed by atoms with Crippen LogP contribution in [0.5, 0.6) is 0 Å². The predicted molar refractivity (Wildman–Crippen MR) is 75.0 cm³/mol. The Morgan fingerprint density at radius 1 is 1.17 bits per heavy atom. The van der Waals surface area contributed by atoms with E-state index in [1.807, 2.05) is 0 Å². The van der Waals surface area contributed by atoms with E-state index in [1.54, 1.807) is 0 Å². The summed E-state index contributed by atoms with van der Waals surface area (Å²) >= 11 is 0. The van der Waals surface area contributed by atoms with Crippen LogP contribution in [0.1, 0.15) is 21.5 Å². The van der Waals surface area contributed by atoms with E-state index in [0.717, 1.165) is 12.1 Å². The van der Waals surface area contributed by atoms with Crippen LogP contribution in [0, 0.1) is 0 Å². The van der Waals surface area contributed by atoms with E-state index in [9.17, 15) is 18.0 Å². The maximum Gasteiger partial charge on any atom is 0.416 e. The zero-order chi connectivity index (χ0) is 16.6. The molecule has 2 heterocycles. The van der Waals surface area contributed by atoms with Crippen molar-refractivity contribution in [1.29, 1.82) is 0 Å². The molecular weight excluding hydrogens is 311 g/mol. The fraction of sp³-hybridized carbons (Fsp3) is 0.133. The van der Waals surface area contributed by atoms with Crippen molar-refractivity contribution in [1.82, 2.24) is 14.8 Å². The molecule has 0 saturated heterocycles. The van der Waals surface area contributed by atoms with Crippen molar-refractivity contribution in [2.45, 2.75) is 12.7 Å². The molecule has 0 spiro atoms. The number of nitrogens with zero attached hydrogens (tertiary/aromatic N) is 3. The molecule has 0 aliphatic rings. The molecule has 0 bridgehead atoms. The molecule has 3 aromatic rings. The molecular formula is C15H10F3N3O2. The third kappa shape index (κ3) is 3.01. The molecule has 2 aromatic heterocycles. The van der Waals surface area contributed by atoms with Crippen molar-refractivity contribution in [3.05, 3.63) is 59.4 Å². The Kier molecular flexibility index (Phi) is 3.51. The second kappa shape index (κ2) is 5.38. The molecule has 23 heavy (non-hydrogen) atoms. The fourth-order valence-electron chi connectivity index (χ4n) is 2.18. The van der Waals surface area contributed by atoms with Crippen LogP contribution in [0.2, 0.25) is 0 Å². The molecule has 0 radical (unpaired) electrons. The van der Waals surface area contributed by atoms with Gasteiger partial charge in [0, 0.05) is 11.6 Å². The van der Waals surface area contributed by atoms with Crippen LogP contribution < -0.4 is 0 Å². The van der Waals surface area contributed by atoms with Crippen molar-refractivity contribution in [3.8, 4) is 0 Å². The van der Waals surface area contributed by atoms with Crippen LogP contribution >= 0.6 is 0 Å². The molecule has 1 aromatic carbocycles. The Bertz CT molecular complexity index is 870. The minimum Gasteiger partial charge on any atom is -0.478 e. The number of halogens is 3. The van der Waals surface area contributed by atoms with E-state index in [1.165, 1.54) is 35.3 Å². The van der Waals surface area contributed by atoms with E-state index < -0.39 is 17.7 Å². The predicted octanol–water partition coefficient (Wildman–Crippen LogP) is 3.20. The summed E-state index contributed by atoms with van der Waals surface area (Å²) in [4.78, 5) is 15.0. The highest BCUT2D eigenvalue weighted by Crippen LogP contribution is 2.29. The average molecular weight is 321 g/mol. The molecule has 118 valence electrons. The SMILES string of the molecule is O=C(O)c1cnc2c(cnn2Cc2ccc(C(F)(F)F)cc2)c1. The lowest BCUT2D eigenvalue weighted by atomic mass is 10.1. The summed E-state index contributed by atoms with van der Waals surface area (Å²) in [6.07, 6.45) is -1.68. The van der Waals surface area contributed by atoms with Gasteiger partial charge < -0.3 is 5.11 Å². The van der Waals surface area contributed by atoms with Crippen molar-refractivity contribution in [2.24, 2.45) is 0 Å². The van der Waals surface area contributed by atoms with E-state index in [4.69, 9.17) is 5.11 Å². The third-order valence-electron chi connectivity index (χ3n) is 3.34. The van der Waals surface area contributed by atoms with Crippen molar-refractivity contribution in [3.63, 3.8) is 0 Å². The van der Waals surface area contributed by atoms with Crippen LogP contribution in [0.4, 0.5) is 13.2 Å². The number of hydrogen-bond donors (Lipinski definition) is 1. The highest BCUT2D eigenvalue weighted by atomic mass is 19.4. The van der Waals surface area contributed by atoms with Crippen LogP contribution in [0.25, 0.3) is 11.0 Å². The van der Waals surface area contributed by atoms with Gasteiger partial charge >= 0.3 is 12.1 Å². The molecule has 8 heteroatoms. The van der Waals surface area contributed by atoms with Crippen LogP contribution in [0.3, 0.4) is 0 Å². The lowest BCUT2D eigenvalue weighted by molar-refractivity contribution is -0.137. The van der Waals surface area contributed by atoms with Gasteiger partial charge in [0.15, 0.2) is 5.65 Å². The summed E-state index contributed by atoms with van der Waals surface area (Å²) in [7, 11) is 0. The van der Waals surface area contributed by atoms with E-state index in [2.05, 4.69) is 10.1 Å². The van der Waals surface area contributed by atoms with Gasteiger partial charge in [-0.25, -0.2) is 14.5 Å². The monoisotopic (exact) mass is 321 g/mol. The van der Waals surface area contributed by atoms with Gasteiger partial charge in [-0.3, -0.25) is 0 Å². The average Bonchev–Trinajstić information content (AvgIpc) is 2.89. The maximum atomic E-state index is 12.5. The van der Waals surface area contributed by atoms with Crippen molar-refractivity contribution < 1.29 is 23.1 Å².